The second kappa shape index (κ2) is 6.83. The van der Waals surface area contributed by atoms with Crippen molar-refractivity contribution in [3.63, 3.8) is 0 Å². The zero-order chi connectivity index (χ0) is 18.9. The summed E-state index contributed by atoms with van der Waals surface area (Å²) in [5.41, 5.74) is 2.77. The summed E-state index contributed by atoms with van der Waals surface area (Å²) in [7, 11) is 0. The van der Waals surface area contributed by atoms with E-state index in [0.29, 0.717) is 5.92 Å². The van der Waals surface area contributed by atoms with Crippen LogP contribution in [0.3, 0.4) is 0 Å². The van der Waals surface area contributed by atoms with Gasteiger partial charge >= 0.3 is 0 Å². The Morgan fingerprint density at radius 2 is 1.77 bits per heavy atom. The van der Waals surface area contributed by atoms with Crippen LogP contribution in [0.25, 0.3) is 0 Å². The molecule has 26 heavy (non-hydrogen) atoms. The number of amides is 2. The number of carbonyl (C=O) groups excluding carboxylic acids is 2. The topological polar surface area (TPSA) is 61.4 Å². The minimum absolute atomic E-state index is 0.0209. The fourth-order valence-corrected chi connectivity index (χ4v) is 3.10. The maximum Gasteiger partial charge on any atom is 0.252 e. The number of hydrogen-bond donors (Lipinski definition) is 2. The summed E-state index contributed by atoms with van der Waals surface area (Å²) in [5, 5.41) is 6.11. The first-order chi connectivity index (χ1) is 12.3. The second-order valence-electron chi connectivity index (χ2n) is 7.48. The van der Waals surface area contributed by atoms with Crippen LogP contribution in [0.2, 0.25) is 0 Å². The molecule has 1 heterocycles. The number of rotatable bonds is 4. The van der Waals surface area contributed by atoms with E-state index in [2.05, 4.69) is 24.5 Å². The van der Waals surface area contributed by atoms with Gasteiger partial charge in [-0.2, -0.15) is 0 Å². The highest BCUT2D eigenvalue weighted by Crippen LogP contribution is 2.34. The van der Waals surface area contributed by atoms with Gasteiger partial charge in [-0.25, -0.2) is 0 Å². The summed E-state index contributed by atoms with van der Waals surface area (Å²) in [6, 6.07) is 15.3. The van der Waals surface area contributed by atoms with E-state index in [-0.39, 0.29) is 18.4 Å². The second-order valence-corrected chi connectivity index (χ2v) is 7.48. The summed E-state index contributed by atoms with van der Waals surface area (Å²) in [5.74, 6) is 0.0987. The van der Waals surface area contributed by atoms with Crippen molar-refractivity contribution in [2.75, 3.05) is 22.1 Å². The number of carbonyl (C=O) groups is 2. The molecule has 2 aromatic carbocycles. The molecule has 3 rings (SSSR count). The van der Waals surface area contributed by atoms with Crippen molar-refractivity contribution in [2.24, 2.45) is 0 Å². The van der Waals surface area contributed by atoms with Crippen LogP contribution in [0.4, 0.5) is 17.1 Å². The Labute approximate surface area is 154 Å². The molecule has 0 radical (unpaired) electrons. The first kappa shape index (κ1) is 18.0. The molecule has 5 heteroatoms. The summed E-state index contributed by atoms with van der Waals surface area (Å²) >= 11 is 0. The van der Waals surface area contributed by atoms with Crippen LogP contribution >= 0.6 is 0 Å². The van der Waals surface area contributed by atoms with Gasteiger partial charge in [-0.05, 0) is 49.6 Å². The number of anilines is 3. The fraction of sp³-hybridized carbons (Fsp3) is 0.333. The van der Waals surface area contributed by atoms with Crippen molar-refractivity contribution in [3.05, 3.63) is 54.1 Å². The predicted octanol–water partition coefficient (Wildman–Crippen LogP) is 3.99. The van der Waals surface area contributed by atoms with E-state index in [1.165, 1.54) is 5.56 Å². The van der Waals surface area contributed by atoms with Gasteiger partial charge in [-0.15, -0.1) is 0 Å². The zero-order valence-electron chi connectivity index (χ0n) is 15.7. The highest BCUT2D eigenvalue weighted by atomic mass is 16.2. The molecular weight excluding hydrogens is 326 g/mol. The Bertz CT molecular complexity index is 825. The number of fused-ring (bicyclic) bond motifs is 1. The molecule has 0 atom stereocenters. The molecule has 0 aromatic heterocycles. The minimum Gasteiger partial charge on any atom is -0.370 e. The summed E-state index contributed by atoms with van der Waals surface area (Å²) in [4.78, 5) is 26.9. The van der Waals surface area contributed by atoms with Crippen LogP contribution in [0, 0.1) is 0 Å². The highest BCUT2D eigenvalue weighted by molar-refractivity contribution is 6.11. The molecule has 2 N–H and O–H groups in total. The third-order valence-electron chi connectivity index (χ3n) is 4.58. The largest absolute Gasteiger partial charge is 0.370 e. The Hall–Kier alpha value is -2.82. The van der Waals surface area contributed by atoms with Gasteiger partial charge in [-0.3, -0.25) is 14.5 Å². The number of para-hydroxylation sites is 2. The molecule has 0 unspecified atom stereocenters. The van der Waals surface area contributed by atoms with E-state index in [1.54, 1.807) is 4.90 Å². The Morgan fingerprint density at radius 3 is 2.42 bits per heavy atom. The lowest BCUT2D eigenvalue weighted by atomic mass is 9.98. The molecule has 5 nitrogen and oxygen atoms in total. The van der Waals surface area contributed by atoms with Gasteiger partial charge in [-0.1, -0.05) is 38.1 Å². The number of benzene rings is 2. The normalized spacial score (nSPS) is 15.4. The highest BCUT2D eigenvalue weighted by Gasteiger charge is 2.39. The van der Waals surface area contributed by atoms with Crippen molar-refractivity contribution in [1.29, 1.82) is 0 Å². The third-order valence-corrected chi connectivity index (χ3v) is 4.58. The number of nitrogens with zero attached hydrogens (tertiary/aromatic N) is 1. The van der Waals surface area contributed by atoms with E-state index in [0.717, 1.165) is 17.1 Å². The van der Waals surface area contributed by atoms with E-state index in [1.807, 2.05) is 62.4 Å². The van der Waals surface area contributed by atoms with Gasteiger partial charge in [0, 0.05) is 5.69 Å². The molecule has 2 amide bonds. The molecule has 1 aliphatic rings. The number of nitrogens with one attached hydrogen (secondary N) is 2. The standard InChI is InChI=1S/C21H25N3O2/c1-14(2)15-9-11-16(12-10-15)22-19(25)13-24-18-8-6-5-7-17(18)23-21(3,4)20(24)26/h5-12,14,23H,13H2,1-4H3,(H,22,25). The molecular formula is C21H25N3O2. The lowest BCUT2D eigenvalue weighted by Crippen LogP contribution is -2.55. The minimum atomic E-state index is -0.756. The molecule has 136 valence electrons. The van der Waals surface area contributed by atoms with E-state index < -0.39 is 5.54 Å². The van der Waals surface area contributed by atoms with Crippen LogP contribution < -0.4 is 15.5 Å². The Morgan fingerprint density at radius 1 is 1.12 bits per heavy atom. The SMILES string of the molecule is CC(C)c1ccc(NC(=O)CN2C(=O)C(C)(C)Nc3ccccc32)cc1. The van der Waals surface area contributed by atoms with Gasteiger partial charge in [0.25, 0.3) is 5.91 Å². The molecule has 0 fully saturated rings. The van der Waals surface area contributed by atoms with Crippen LogP contribution in [0.1, 0.15) is 39.2 Å². The van der Waals surface area contributed by atoms with Gasteiger partial charge in [0.05, 0.1) is 11.4 Å². The summed E-state index contributed by atoms with van der Waals surface area (Å²) < 4.78 is 0. The fourth-order valence-electron chi connectivity index (χ4n) is 3.10. The third kappa shape index (κ3) is 3.57. The molecule has 0 saturated heterocycles. The maximum absolute atomic E-state index is 12.8. The van der Waals surface area contributed by atoms with Crippen LogP contribution in [0.5, 0.6) is 0 Å². The van der Waals surface area contributed by atoms with E-state index in [4.69, 9.17) is 0 Å². The zero-order valence-corrected chi connectivity index (χ0v) is 15.7. The first-order valence-electron chi connectivity index (χ1n) is 8.87. The van der Waals surface area contributed by atoms with Gasteiger partial charge in [0.15, 0.2) is 0 Å². The lowest BCUT2D eigenvalue weighted by Gasteiger charge is -2.39. The van der Waals surface area contributed by atoms with E-state index >= 15 is 0 Å². The molecule has 2 aromatic rings. The predicted molar refractivity (Wildman–Crippen MR) is 106 cm³/mol. The smallest absolute Gasteiger partial charge is 0.252 e. The summed E-state index contributed by atoms with van der Waals surface area (Å²) in [6.07, 6.45) is 0. The molecule has 0 aliphatic carbocycles. The molecule has 0 spiro atoms. The van der Waals surface area contributed by atoms with Crippen LogP contribution in [-0.4, -0.2) is 23.9 Å². The van der Waals surface area contributed by atoms with Crippen molar-refractivity contribution < 1.29 is 9.59 Å². The monoisotopic (exact) mass is 351 g/mol. The van der Waals surface area contributed by atoms with Gasteiger partial charge < -0.3 is 10.6 Å². The van der Waals surface area contributed by atoms with Crippen LogP contribution in [-0.2, 0) is 9.59 Å². The first-order valence-corrected chi connectivity index (χ1v) is 8.87. The van der Waals surface area contributed by atoms with E-state index in [9.17, 15) is 9.59 Å². The van der Waals surface area contributed by atoms with Gasteiger partial charge in [0.2, 0.25) is 5.91 Å². The molecule has 1 aliphatic heterocycles. The average molecular weight is 351 g/mol. The average Bonchev–Trinajstić information content (AvgIpc) is 2.59. The Kier molecular flexibility index (Phi) is 4.72. The molecule has 0 saturated carbocycles. The summed E-state index contributed by atoms with van der Waals surface area (Å²) in [6.45, 7) is 7.88. The van der Waals surface area contributed by atoms with Gasteiger partial charge in [0.1, 0.15) is 12.1 Å². The quantitative estimate of drug-likeness (QED) is 0.876. The lowest BCUT2D eigenvalue weighted by molar-refractivity contribution is -0.124. The van der Waals surface area contributed by atoms with Crippen molar-refractivity contribution >= 4 is 28.9 Å². The Balaban J connectivity index is 1.77. The molecule has 0 bridgehead atoms. The number of hydrogen-bond acceptors (Lipinski definition) is 3. The van der Waals surface area contributed by atoms with Crippen molar-refractivity contribution in [1.82, 2.24) is 0 Å². The van der Waals surface area contributed by atoms with Crippen LogP contribution in [0.15, 0.2) is 48.5 Å². The van der Waals surface area contributed by atoms with Crippen molar-refractivity contribution in [3.8, 4) is 0 Å². The maximum atomic E-state index is 12.8. The van der Waals surface area contributed by atoms with Crippen molar-refractivity contribution in [2.45, 2.75) is 39.2 Å².